The zero-order valence-corrected chi connectivity index (χ0v) is 26.8. The van der Waals surface area contributed by atoms with Crippen molar-refractivity contribution in [2.75, 3.05) is 0 Å². The molecule has 0 aromatic rings. The van der Waals surface area contributed by atoms with Gasteiger partial charge in [-0.15, -0.1) is 0 Å². The minimum absolute atomic E-state index is 0.0917. The fourth-order valence-electron chi connectivity index (χ4n) is 6.21. The Bertz CT molecular complexity index is 1370. The molecular formula is C32H42O12. The lowest BCUT2D eigenvalue weighted by molar-refractivity contribution is -0.209. The molecule has 0 radical (unpaired) electrons. The summed E-state index contributed by atoms with van der Waals surface area (Å²) >= 11 is 0. The van der Waals surface area contributed by atoms with Crippen LogP contribution in [0.1, 0.15) is 75.7 Å². The van der Waals surface area contributed by atoms with E-state index < -0.39 is 83.4 Å². The predicted octanol–water partition coefficient (Wildman–Crippen LogP) is 2.70. The summed E-state index contributed by atoms with van der Waals surface area (Å²) in [7, 11) is 0. The Morgan fingerprint density at radius 2 is 1.45 bits per heavy atom. The Kier molecular flexibility index (Phi) is 9.72. The van der Waals surface area contributed by atoms with E-state index in [1.54, 1.807) is 34.6 Å². The largest absolute Gasteiger partial charge is 0.459 e. The first-order valence-electron chi connectivity index (χ1n) is 14.3. The van der Waals surface area contributed by atoms with Crippen molar-refractivity contribution in [2.24, 2.45) is 5.92 Å². The Morgan fingerprint density at radius 3 is 1.95 bits per heavy atom. The number of carbonyl (C=O) groups excluding carboxylic acids is 5. The molecule has 1 saturated heterocycles. The molecule has 12 nitrogen and oxygen atoms in total. The van der Waals surface area contributed by atoms with Crippen molar-refractivity contribution in [1.29, 1.82) is 0 Å². The maximum Gasteiger partial charge on any atom is 0.341 e. The lowest BCUT2D eigenvalue weighted by Gasteiger charge is -2.41. The van der Waals surface area contributed by atoms with Crippen molar-refractivity contribution >= 4 is 29.8 Å². The first-order chi connectivity index (χ1) is 20.2. The second kappa shape index (κ2) is 12.3. The van der Waals surface area contributed by atoms with Gasteiger partial charge in [-0.1, -0.05) is 17.2 Å². The third-order valence-corrected chi connectivity index (χ3v) is 8.36. The molecule has 8 atom stereocenters. The number of esters is 5. The second-order valence-corrected chi connectivity index (χ2v) is 12.5. The molecule has 0 spiro atoms. The molecule has 3 aliphatic rings. The van der Waals surface area contributed by atoms with Crippen LogP contribution in [-0.4, -0.2) is 81.3 Å². The summed E-state index contributed by atoms with van der Waals surface area (Å²) in [5.74, 6) is -5.58. The van der Waals surface area contributed by atoms with Crippen LogP contribution >= 0.6 is 0 Å². The number of ether oxygens (including phenoxy) is 5. The molecule has 1 saturated carbocycles. The summed E-state index contributed by atoms with van der Waals surface area (Å²) in [5.41, 5.74) is -5.20. The van der Waals surface area contributed by atoms with Crippen LogP contribution in [0.3, 0.4) is 0 Å². The third kappa shape index (κ3) is 6.10. The summed E-state index contributed by atoms with van der Waals surface area (Å²) in [6.07, 6.45) is -2.54. The number of aliphatic hydroxyl groups is 2. The summed E-state index contributed by atoms with van der Waals surface area (Å²) in [6.45, 7) is 15.0. The first-order valence-corrected chi connectivity index (χ1v) is 14.3. The van der Waals surface area contributed by atoms with Crippen molar-refractivity contribution in [3.05, 3.63) is 46.1 Å². The summed E-state index contributed by atoms with van der Waals surface area (Å²) in [6, 6.07) is 0. The van der Waals surface area contributed by atoms with Crippen molar-refractivity contribution in [1.82, 2.24) is 0 Å². The van der Waals surface area contributed by atoms with Gasteiger partial charge in [-0.3, -0.25) is 4.79 Å². The fraction of sp³-hybridized carbons (Fsp3) is 0.594. The van der Waals surface area contributed by atoms with Crippen molar-refractivity contribution in [2.45, 2.75) is 117 Å². The highest BCUT2D eigenvalue weighted by molar-refractivity contribution is 5.89. The average molecular weight is 619 g/mol. The third-order valence-electron chi connectivity index (χ3n) is 8.36. The molecule has 0 bridgehead atoms. The van der Waals surface area contributed by atoms with E-state index in [4.69, 9.17) is 23.7 Å². The first kappa shape index (κ1) is 34.7. The Labute approximate surface area is 256 Å². The van der Waals surface area contributed by atoms with Crippen LogP contribution in [0, 0.1) is 5.92 Å². The van der Waals surface area contributed by atoms with Gasteiger partial charge in [0.05, 0.1) is 5.92 Å². The maximum absolute atomic E-state index is 13.1. The minimum Gasteiger partial charge on any atom is -0.459 e. The highest BCUT2D eigenvalue weighted by Gasteiger charge is 2.76. The number of rotatable bonds is 7. The maximum atomic E-state index is 13.1. The molecule has 1 aliphatic heterocycles. The van der Waals surface area contributed by atoms with Gasteiger partial charge >= 0.3 is 29.8 Å². The minimum atomic E-state index is -2.62. The molecule has 0 amide bonds. The van der Waals surface area contributed by atoms with E-state index in [0.29, 0.717) is 11.1 Å². The normalized spacial score (nSPS) is 34.5. The van der Waals surface area contributed by atoms with E-state index in [1.165, 1.54) is 32.9 Å². The molecule has 242 valence electrons. The zero-order valence-electron chi connectivity index (χ0n) is 26.8. The van der Waals surface area contributed by atoms with Gasteiger partial charge < -0.3 is 33.9 Å². The van der Waals surface area contributed by atoms with Gasteiger partial charge in [0.1, 0.15) is 11.7 Å². The van der Waals surface area contributed by atoms with E-state index in [1.807, 2.05) is 0 Å². The highest BCUT2D eigenvalue weighted by atomic mass is 16.6. The van der Waals surface area contributed by atoms with Crippen molar-refractivity contribution in [3.8, 4) is 0 Å². The lowest BCUT2D eigenvalue weighted by Crippen LogP contribution is -2.64. The van der Waals surface area contributed by atoms with Gasteiger partial charge in [0.15, 0.2) is 29.5 Å². The zero-order chi connectivity index (χ0) is 33.5. The van der Waals surface area contributed by atoms with Crippen molar-refractivity contribution in [3.63, 3.8) is 0 Å². The van der Waals surface area contributed by atoms with Gasteiger partial charge in [0.2, 0.25) is 0 Å². The standard InChI is InChI=1S/C32H42O12/c1-11-17(6)28(36)42-25-18(7)23-24(26(25)41-22(35)13-16(4)5)30(9,44-19(8)33)14-20(40-21(34)12-15(2)3)32(39)27(23)43-29(37)31(32,10)38/h11-13,20,24-27,38-39H,14H2,1-10H3. The molecule has 2 aliphatic carbocycles. The van der Waals surface area contributed by atoms with Gasteiger partial charge in [0.25, 0.3) is 0 Å². The number of hydrogen-bond donors (Lipinski definition) is 2. The number of carbonyl (C=O) groups is 5. The monoisotopic (exact) mass is 618 g/mol. The Hall–Kier alpha value is -3.77. The van der Waals surface area contributed by atoms with E-state index in [-0.39, 0.29) is 16.7 Å². The van der Waals surface area contributed by atoms with Crippen LogP contribution in [0.15, 0.2) is 46.1 Å². The summed E-state index contributed by atoms with van der Waals surface area (Å²) < 4.78 is 28.9. The predicted molar refractivity (Wildman–Crippen MR) is 154 cm³/mol. The van der Waals surface area contributed by atoms with Crippen LogP contribution in [0.25, 0.3) is 0 Å². The second-order valence-electron chi connectivity index (χ2n) is 12.5. The molecule has 1 heterocycles. The average Bonchev–Trinajstić information content (AvgIpc) is 3.21. The fourth-order valence-corrected chi connectivity index (χ4v) is 6.21. The van der Waals surface area contributed by atoms with Crippen LogP contribution < -0.4 is 0 Å². The van der Waals surface area contributed by atoms with Gasteiger partial charge in [-0.05, 0) is 73.5 Å². The van der Waals surface area contributed by atoms with E-state index in [0.717, 1.165) is 19.9 Å². The van der Waals surface area contributed by atoms with Crippen LogP contribution in [0.4, 0.5) is 0 Å². The Morgan fingerprint density at radius 1 is 0.909 bits per heavy atom. The molecule has 0 aromatic heterocycles. The van der Waals surface area contributed by atoms with E-state index in [2.05, 4.69) is 0 Å². The number of allylic oxidation sites excluding steroid dienone is 3. The van der Waals surface area contributed by atoms with Crippen LogP contribution in [0.2, 0.25) is 0 Å². The topological polar surface area (TPSA) is 172 Å². The molecule has 3 rings (SSSR count). The van der Waals surface area contributed by atoms with Gasteiger partial charge in [0, 0.05) is 31.1 Å². The molecule has 2 fully saturated rings. The summed E-state index contributed by atoms with van der Waals surface area (Å²) in [4.78, 5) is 64.7. The molecule has 44 heavy (non-hydrogen) atoms. The van der Waals surface area contributed by atoms with Gasteiger partial charge in [-0.25, -0.2) is 19.2 Å². The van der Waals surface area contributed by atoms with E-state index >= 15 is 0 Å². The van der Waals surface area contributed by atoms with E-state index in [9.17, 15) is 34.2 Å². The van der Waals surface area contributed by atoms with Crippen LogP contribution in [-0.2, 0) is 47.7 Å². The van der Waals surface area contributed by atoms with Crippen molar-refractivity contribution < 1.29 is 57.9 Å². The smallest absolute Gasteiger partial charge is 0.341 e. The molecule has 0 aromatic carbocycles. The molecular weight excluding hydrogens is 576 g/mol. The quantitative estimate of drug-likeness (QED) is 0.185. The molecule has 8 unspecified atom stereocenters. The Balaban J connectivity index is 2.37. The highest BCUT2D eigenvalue weighted by Crippen LogP contribution is 2.57. The lowest BCUT2D eigenvalue weighted by atomic mass is 9.75. The number of fused-ring (bicyclic) bond motifs is 3. The van der Waals surface area contributed by atoms with Crippen LogP contribution in [0.5, 0.6) is 0 Å². The summed E-state index contributed by atoms with van der Waals surface area (Å²) in [5, 5.41) is 23.8. The molecule has 12 heteroatoms. The molecule has 2 N–H and O–H groups in total. The number of hydrogen-bond acceptors (Lipinski definition) is 12. The van der Waals surface area contributed by atoms with Gasteiger partial charge in [-0.2, -0.15) is 0 Å². The SMILES string of the molecule is CC=C(C)C(=O)OC1C(C)=C2C(C1OC(=O)C=C(C)C)C(C)(OC(C)=O)CC(OC(=O)C=C(C)C)C1(O)C2OC(=O)C1(C)O.